The molecule has 0 aliphatic carbocycles. The highest BCUT2D eigenvalue weighted by atomic mass is 35.5. The minimum atomic E-state index is -0.595. The number of nitrogens with one attached hydrogen (secondary N) is 2. The molecule has 1 aromatic rings. The van der Waals surface area contributed by atoms with Gasteiger partial charge in [-0.15, -0.1) is 0 Å². The SMILES string of the molecule is CNC(=O)C[NH2+]CC(=O)Nc1ccc(Cl)cc1F. The van der Waals surface area contributed by atoms with E-state index in [4.69, 9.17) is 11.6 Å². The van der Waals surface area contributed by atoms with Crippen LogP contribution in [0, 0.1) is 5.82 Å². The van der Waals surface area contributed by atoms with Gasteiger partial charge in [0.2, 0.25) is 0 Å². The van der Waals surface area contributed by atoms with E-state index < -0.39 is 5.82 Å². The maximum Gasteiger partial charge on any atom is 0.279 e. The fourth-order valence-corrected chi connectivity index (χ4v) is 1.39. The van der Waals surface area contributed by atoms with E-state index in [-0.39, 0.29) is 35.6 Å². The Hall–Kier alpha value is -1.66. The largest absolute Gasteiger partial charge is 0.354 e. The molecule has 0 aromatic heterocycles. The van der Waals surface area contributed by atoms with Gasteiger partial charge in [-0.3, -0.25) is 9.59 Å². The summed E-state index contributed by atoms with van der Waals surface area (Å²) in [5.41, 5.74) is 0.0674. The Morgan fingerprint density at radius 2 is 2.00 bits per heavy atom. The molecule has 98 valence electrons. The van der Waals surface area contributed by atoms with Gasteiger partial charge < -0.3 is 16.0 Å². The van der Waals surface area contributed by atoms with Crippen LogP contribution in [-0.2, 0) is 9.59 Å². The number of nitrogens with two attached hydrogens (primary N) is 1. The summed E-state index contributed by atoms with van der Waals surface area (Å²) in [4.78, 5) is 22.3. The first-order valence-electron chi connectivity index (χ1n) is 5.30. The van der Waals surface area contributed by atoms with Gasteiger partial charge in [0.1, 0.15) is 5.82 Å². The number of halogens is 2. The summed E-state index contributed by atoms with van der Waals surface area (Å²) >= 11 is 5.58. The highest BCUT2D eigenvalue weighted by Crippen LogP contribution is 2.18. The molecule has 0 fully saturated rings. The van der Waals surface area contributed by atoms with E-state index in [2.05, 4.69) is 10.6 Å². The molecular formula is C11H14ClFN3O2+. The van der Waals surface area contributed by atoms with Crippen molar-refractivity contribution in [3.63, 3.8) is 0 Å². The van der Waals surface area contributed by atoms with Crippen LogP contribution in [0.2, 0.25) is 5.02 Å². The Balaban J connectivity index is 2.42. The summed E-state index contributed by atoms with van der Waals surface area (Å²) in [6.45, 7) is 0.183. The average molecular weight is 275 g/mol. The quantitative estimate of drug-likeness (QED) is 0.691. The lowest BCUT2D eigenvalue weighted by molar-refractivity contribution is -0.632. The van der Waals surface area contributed by atoms with Crippen molar-refractivity contribution >= 4 is 29.1 Å². The third-order valence-electron chi connectivity index (χ3n) is 2.14. The number of carbonyl (C=O) groups is 2. The van der Waals surface area contributed by atoms with Gasteiger partial charge in [-0.05, 0) is 18.2 Å². The maximum atomic E-state index is 13.3. The highest BCUT2D eigenvalue weighted by molar-refractivity contribution is 6.30. The number of hydrogen-bond acceptors (Lipinski definition) is 2. The lowest BCUT2D eigenvalue weighted by Gasteiger charge is -2.05. The molecule has 7 heteroatoms. The molecule has 0 saturated heterocycles. The molecule has 1 rings (SSSR count). The van der Waals surface area contributed by atoms with Gasteiger partial charge in [0.15, 0.2) is 13.1 Å². The Kier molecular flexibility index (Phi) is 5.54. The molecular weight excluding hydrogens is 261 g/mol. The topological polar surface area (TPSA) is 74.8 Å². The number of anilines is 1. The van der Waals surface area contributed by atoms with Crippen LogP contribution in [0.4, 0.5) is 10.1 Å². The fourth-order valence-electron chi connectivity index (χ4n) is 1.23. The van der Waals surface area contributed by atoms with Gasteiger partial charge in [-0.25, -0.2) is 4.39 Å². The van der Waals surface area contributed by atoms with E-state index in [9.17, 15) is 14.0 Å². The van der Waals surface area contributed by atoms with Crippen molar-refractivity contribution < 1.29 is 19.3 Å². The predicted molar refractivity (Wildman–Crippen MR) is 65.8 cm³/mol. The molecule has 0 saturated carbocycles. The minimum absolute atomic E-state index is 0.0372. The Morgan fingerprint density at radius 3 is 2.61 bits per heavy atom. The fraction of sp³-hybridized carbons (Fsp3) is 0.273. The molecule has 2 amide bonds. The number of hydrogen-bond donors (Lipinski definition) is 3. The molecule has 18 heavy (non-hydrogen) atoms. The van der Waals surface area contributed by atoms with Crippen LogP contribution >= 0.6 is 11.6 Å². The zero-order valence-electron chi connectivity index (χ0n) is 9.80. The van der Waals surface area contributed by atoms with Gasteiger partial charge in [0.05, 0.1) is 5.69 Å². The van der Waals surface area contributed by atoms with E-state index in [0.29, 0.717) is 0 Å². The van der Waals surface area contributed by atoms with Crippen molar-refractivity contribution in [2.75, 3.05) is 25.5 Å². The van der Waals surface area contributed by atoms with Gasteiger partial charge in [-0.1, -0.05) is 11.6 Å². The second-order valence-corrected chi connectivity index (χ2v) is 3.98. The third kappa shape index (κ3) is 4.68. The van der Waals surface area contributed by atoms with E-state index >= 15 is 0 Å². The minimum Gasteiger partial charge on any atom is -0.354 e. The third-order valence-corrected chi connectivity index (χ3v) is 2.38. The average Bonchev–Trinajstić information content (AvgIpc) is 2.32. The highest BCUT2D eigenvalue weighted by Gasteiger charge is 2.09. The molecule has 0 heterocycles. The lowest BCUT2D eigenvalue weighted by Crippen LogP contribution is -2.88. The number of likely N-dealkylation sites (N-methyl/N-ethyl adjacent to an activating group) is 1. The summed E-state index contributed by atoms with van der Waals surface area (Å²) in [5.74, 6) is -1.16. The molecule has 0 aliphatic rings. The maximum absolute atomic E-state index is 13.3. The standard InChI is InChI=1S/C11H13ClFN3O2/c1-14-10(17)5-15-6-11(18)16-9-3-2-7(12)4-8(9)13/h2-4,15H,5-6H2,1H3,(H,14,17)(H,16,18)/p+1. The van der Waals surface area contributed by atoms with Crippen LogP contribution in [0.3, 0.4) is 0 Å². The Bertz CT molecular complexity index is 454. The van der Waals surface area contributed by atoms with Crippen LogP contribution in [0.5, 0.6) is 0 Å². The summed E-state index contributed by atoms with van der Waals surface area (Å²) in [7, 11) is 1.51. The van der Waals surface area contributed by atoms with Crippen molar-refractivity contribution in [3.8, 4) is 0 Å². The predicted octanol–water partition coefficient (Wildman–Crippen LogP) is -0.273. The zero-order valence-corrected chi connectivity index (χ0v) is 10.6. The first-order chi connectivity index (χ1) is 8.52. The molecule has 0 aliphatic heterocycles. The smallest absolute Gasteiger partial charge is 0.279 e. The molecule has 0 unspecified atom stereocenters. The van der Waals surface area contributed by atoms with Crippen molar-refractivity contribution in [2.45, 2.75) is 0 Å². The molecule has 5 nitrogen and oxygen atoms in total. The first-order valence-corrected chi connectivity index (χ1v) is 5.68. The lowest BCUT2D eigenvalue weighted by atomic mass is 10.3. The second kappa shape index (κ2) is 6.93. The molecule has 0 atom stereocenters. The first kappa shape index (κ1) is 14.4. The molecule has 0 radical (unpaired) electrons. The second-order valence-electron chi connectivity index (χ2n) is 3.54. The van der Waals surface area contributed by atoms with Crippen LogP contribution in [0.15, 0.2) is 18.2 Å². The molecule has 1 aromatic carbocycles. The summed E-state index contributed by atoms with van der Waals surface area (Å²) in [6, 6.07) is 3.98. The molecule has 0 spiro atoms. The van der Waals surface area contributed by atoms with E-state index in [1.54, 1.807) is 0 Å². The van der Waals surface area contributed by atoms with Crippen LogP contribution in [0.25, 0.3) is 0 Å². The monoisotopic (exact) mass is 274 g/mol. The van der Waals surface area contributed by atoms with Crippen molar-refractivity contribution in [2.24, 2.45) is 0 Å². The Labute approximate surface area is 109 Å². The summed E-state index contributed by atoms with van der Waals surface area (Å²) in [5, 5.41) is 6.60. The van der Waals surface area contributed by atoms with Crippen molar-refractivity contribution in [1.29, 1.82) is 0 Å². The van der Waals surface area contributed by atoms with Crippen LogP contribution in [-0.4, -0.2) is 32.0 Å². The van der Waals surface area contributed by atoms with Gasteiger partial charge in [-0.2, -0.15) is 0 Å². The van der Waals surface area contributed by atoms with E-state index in [1.165, 1.54) is 24.5 Å². The molecule has 0 bridgehead atoms. The number of quaternary nitrogens is 1. The van der Waals surface area contributed by atoms with Crippen molar-refractivity contribution in [3.05, 3.63) is 29.0 Å². The van der Waals surface area contributed by atoms with Crippen LogP contribution < -0.4 is 16.0 Å². The number of amides is 2. The van der Waals surface area contributed by atoms with E-state index in [0.717, 1.165) is 6.07 Å². The van der Waals surface area contributed by atoms with Crippen LogP contribution in [0.1, 0.15) is 0 Å². The number of rotatable bonds is 5. The van der Waals surface area contributed by atoms with Gasteiger partial charge >= 0.3 is 0 Å². The Morgan fingerprint density at radius 1 is 1.33 bits per heavy atom. The zero-order chi connectivity index (χ0) is 13.5. The number of carbonyl (C=O) groups excluding carboxylic acids is 2. The molecule has 4 N–H and O–H groups in total. The van der Waals surface area contributed by atoms with Crippen molar-refractivity contribution in [1.82, 2.24) is 5.32 Å². The van der Waals surface area contributed by atoms with Gasteiger partial charge in [0.25, 0.3) is 11.8 Å². The summed E-state index contributed by atoms with van der Waals surface area (Å²) < 4.78 is 13.3. The van der Waals surface area contributed by atoms with Gasteiger partial charge in [0, 0.05) is 12.1 Å². The summed E-state index contributed by atoms with van der Waals surface area (Å²) in [6.07, 6.45) is 0. The van der Waals surface area contributed by atoms with E-state index in [1.807, 2.05) is 0 Å². The normalized spacial score (nSPS) is 9.94. The number of benzene rings is 1.